The van der Waals surface area contributed by atoms with Crippen molar-refractivity contribution in [3.8, 4) is 16.5 Å². The zero-order valence-electron chi connectivity index (χ0n) is 20.8. The van der Waals surface area contributed by atoms with Gasteiger partial charge in [-0.05, 0) is 68.1 Å². The fraction of sp³-hybridized carbons (Fsp3) is 0.440. The number of sulfone groups is 1. The summed E-state index contributed by atoms with van der Waals surface area (Å²) >= 11 is 1.29. The molecule has 5 rings (SSSR count). The van der Waals surface area contributed by atoms with Gasteiger partial charge in [0, 0.05) is 22.5 Å². The third kappa shape index (κ3) is 5.10. The molecule has 1 saturated heterocycles. The molecule has 0 radical (unpaired) electrons. The average molecular weight is 546 g/mol. The van der Waals surface area contributed by atoms with Crippen LogP contribution in [0.15, 0.2) is 45.9 Å². The molecule has 0 saturated carbocycles. The molecule has 4 heterocycles. The van der Waals surface area contributed by atoms with Crippen molar-refractivity contribution in [1.29, 1.82) is 0 Å². The Labute approximate surface area is 218 Å². The number of aromatic nitrogens is 4. The summed E-state index contributed by atoms with van der Waals surface area (Å²) in [5.41, 5.74) is 1.03. The van der Waals surface area contributed by atoms with Crippen molar-refractivity contribution >= 4 is 31.5 Å². The first kappa shape index (κ1) is 25.7. The van der Waals surface area contributed by atoms with Gasteiger partial charge in [-0.25, -0.2) is 22.8 Å². The molecule has 2 atom stereocenters. The Balaban J connectivity index is 1.35. The van der Waals surface area contributed by atoms with Gasteiger partial charge < -0.3 is 14.6 Å². The summed E-state index contributed by atoms with van der Waals surface area (Å²) in [7, 11) is -3.50. The Morgan fingerprint density at radius 2 is 2.11 bits per heavy atom. The molecule has 1 fully saturated rings. The van der Waals surface area contributed by atoms with Crippen LogP contribution in [0.5, 0.6) is 5.19 Å². The lowest BCUT2D eigenvalue weighted by Crippen LogP contribution is -2.50. The highest BCUT2D eigenvalue weighted by molar-refractivity contribution is 7.90. The number of benzene rings is 1. The summed E-state index contributed by atoms with van der Waals surface area (Å²) in [5.74, 6) is 0.901. The SMILES string of the molecule is CC(C)C1CNCCC1(CCOc1nc2ccc(-c3ccc(S(C)(=O)=O)cc3F)nc2s1)c1cnno1. The quantitative estimate of drug-likeness (QED) is 0.346. The molecule has 1 aliphatic rings. The number of fused-ring (bicyclic) bond motifs is 1. The third-order valence-corrected chi connectivity index (χ3v) is 9.12. The normalized spacial score (nSPS) is 20.5. The van der Waals surface area contributed by atoms with Gasteiger partial charge in [0.15, 0.2) is 15.6 Å². The van der Waals surface area contributed by atoms with E-state index in [4.69, 9.17) is 9.26 Å². The van der Waals surface area contributed by atoms with E-state index in [1.807, 2.05) is 0 Å². The maximum absolute atomic E-state index is 14.7. The first-order valence-corrected chi connectivity index (χ1v) is 14.8. The predicted molar refractivity (Wildman–Crippen MR) is 138 cm³/mol. The van der Waals surface area contributed by atoms with Crippen LogP contribution in [0.25, 0.3) is 21.6 Å². The molecule has 0 spiro atoms. The number of hydrogen-bond donors (Lipinski definition) is 1. The van der Waals surface area contributed by atoms with Gasteiger partial charge in [-0.1, -0.05) is 25.2 Å². The summed E-state index contributed by atoms with van der Waals surface area (Å²) in [6, 6.07) is 7.25. The summed E-state index contributed by atoms with van der Waals surface area (Å²) < 4.78 is 49.8. The minimum atomic E-state index is -3.50. The molecule has 2 unspecified atom stereocenters. The number of piperidine rings is 1. The van der Waals surface area contributed by atoms with E-state index < -0.39 is 15.7 Å². The van der Waals surface area contributed by atoms with Crippen molar-refractivity contribution in [3.63, 3.8) is 0 Å². The molecule has 9 nitrogen and oxygen atoms in total. The van der Waals surface area contributed by atoms with E-state index in [0.717, 1.165) is 44.0 Å². The van der Waals surface area contributed by atoms with Gasteiger partial charge in [0.1, 0.15) is 16.2 Å². The smallest absolute Gasteiger partial charge is 0.275 e. The van der Waals surface area contributed by atoms with Crippen molar-refractivity contribution in [2.24, 2.45) is 11.8 Å². The van der Waals surface area contributed by atoms with Crippen LogP contribution in [0.2, 0.25) is 0 Å². The van der Waals surface area contributed by atoms with E-state index in [1.54, 1.807) is 18.3 Å². The van der Waals surface area contributed by atoms with Crippen LogP contribution in [0.3, 0.4) is 0 Å². The zero-order valence-corrected chi connectivity index (χ0v) is 22.4. The van der Waals surface area contributed by atoms with Gasteiger partial charge in [-0.3, -0.25) is 0 Å². The van der Waals surface area contributed by atoms with E-state index in [-0.39, 0.29) is 15.9 Å². The van der Waals surface area contributed by atoms with Crippen LogP contribution in [0.4, 0.5) is 4.39 Å². The summed E-state index contributed by atoms with van der Waals surface area (Å²) in [6.07, 6.45) is 4.37. The van der Waals surface area contributed by atoms with Crippen molar-refractivity contribution in [2.75, 3.05) is 26.0 Å². The van der Waals surface area contributed by atoms with Gasteiger partial charge in [-0.15, -0.1) is 5.10 Å². The molecule has 196 valence electrons. The van der Waals surface area contributed by atoms with E-state index in [9.17, 15) is 12.8 Å². The number of nitrogens with one attached hydrogen (secondary N) is 1. The molecule has 37 heavy (non-hydrogen) atoms. The lowest BCUT2D eigenvalue weighted by molar-refractivity contribution is 0.0902. The molecular weight excluding hydrogens is 517 g/mol. The number of ether oxygens (including phenoxy) is 1. The first-order chi connectivity index (χ1) is 17.7. The minimum Gasteiger partial charge on any atom is -0.470 e. The lowest BCUT2D eigenvalue weighted by Gasteiger charge is -2.44. The highest BCUT2D eigenvalue weighted by Gasteiger charge is 2.46. The molecule has 1 aliphatic heterocycles. The lowest BCUT2D eigenvalue weighted by atomic mass is 9.63. The third-order valence-electron chi connectivity index (χ3n) is 7.13. The van der Waals surface area contributed by atoms with Crippen LogP contribution in [0, 0.1) is 17.7 Å². The maximum Gasteiger partial charge on any atom is 0.275 e. The predicted octanol–water partition coefficient (Wildman–Crippen LogP) is 4.26. The van der Waals surface area contributed by atoms with Gasteiger partial charge in [0.25, 0.3) is 5.19 Å². The van der Waals surface area contributed by atoms with E-state index >= 15 is 0 Å². The molecule has 12 heteroatoms. The second kappa shape index (κ2) is 10.1. The fourth-order valence-electron chi connectivity index (χ4n) is 5.21. The Kier molecular flexibility index (Phi) is 6.99. The van der Waals surface area contributed by atoms with Crippen molar-refractivity contribution in [1.82, 2.24) is 25.7 Å². The van der Waals surface area contributed by atoms with E-state index in [0.29, 0.717) is 39.7 Å². The highest BCUT2D eigenvalue weighted by atomic mass is 32.2. The first-order valence-electron chi connectivity index (χ1n) is 12.1. The molecule has 1 aromatic carbocycles. The summed E-state index contributed by atoms with van der Waals surface area (Å²) in [4.78, 5) is 9.63. The maximum atomic E-state index is 14.7. The molecule has 3 aromatic heterocycles. The van der Waals surface area contributed by atoms with Gasteiger partial charge in [0.05, 0.1) is 23.4 Å². The van der Waals surface area contributed by atoms with Crippen LogP contribution in [-0.4, -0.2) is 54.7 Å². The van der Waals surface area contributed by atoms with Gasteiger partial charge in [-0.2, -0.15) is 0 Å². The number of pyridine rings is 1. The Morgan fingerprint density at radius 1 is 1.27 bits per heavy atom. The average Bonchev–Trinajstić information content (AvgIpc) is 3.53. The molecule has 4 aromatic rings. The van der Waals surface area contributed by atoms with Crippen LogP contribution < -0.4 is 10.1 Å². The number of halogens is 1. The topological polar surface area (TPSA) is 120 Å². The molecule has 0 aliphatic carbocycles. The highest BCUT2D eigenvalue weighted by Crippen LogP contribution is 2.44. The summed E-state index contributed by atoms with van der Waals surface area (Å²) in [6.45, 7) is 6.61. The van der Waals surface area contributed by atoms with Gasteiger partial charge in [0.2, 0.25) is 0 Å². The van der Waals surface area contributed by atoms with Crippen molar-refractivity contribution in [2.45, 2.75) is 37.0 Å². The van der Waals surface area contributed by atoms with Gasteiger partial charge >= 0.3 is 0 Å². The van der Waals surface area contributed by atoms with Crippen LogP contribution in [-0.2, 0) is 15.3 Å². The molecule has 0 amide bonds. The van der Waals surface area contributed by atoms with Crippen LogP contribution >= 0.6 is 11.3 Å². The minimum absolute atomic E-state index is 0.0735. The standard InChI is InChI=1S/C25H28FN5O4S2/c1-15(2)18-13-27-10-8-25(18,22-14-28-31-35-22)9-11-34-24-30-21-7-6-20(29-23(21)36-24)17-5-4-16(12-19(17)26)37(3,32)33/h4-7,12,14-15,18,27H,8-11,13H2,1-3H3. The molecule has 1 N–H and O–H groups in total. The number of thiazole rings is 1. The second-order valence-corrected chi connectivity index (χ2v) is 12.7. The van der Waals surface area contributed by atoms with Crippen molar-refractivity contribution < 1.29 is 22.1 Å². The zero-order chi connectivity index (χ0) is 26.2. The van der Waals surface area contributed by atoms with E-state index in [2.05, 4.69) is 39.5 Å². The summed E-state index contributed by atoms with van der Waals surface area (Å²) in [5, 5.41) is 11.6. The number of nitrogens with zero attached hydrogens (tertiary/aromatic N) is 4. The largest absolute Gasteiger partial charge is 0.470 e. The molecule has 0 bridgehead atoms. The fourth-order valence-corrected chi connectivity index (χ4v) is 6.66. The molecular formula is C25H28FN5O4S2. The Hall–Kier alpha value is -2.96. The number of hydrogen-bond acceptors (Lipinski definition) is 10. The second-order valence-electron chi connectivity index (χ2n) is 9.76. The Morgan fingerprint density at radius 3 is 2.81 bits per heavy atom. The number of rotatable bonds is 8. The van der Waals surface area contributed by atoms with Crippen LogP contribution in [0.1, 0.15) is 32.4 Å². The Bertz CT molecular complexity index is 1510. The van der Waals surface area contributed by atoms with Crippen molar-refractivity contribution in [3.05, 3.63) is 48.1 Å². The monoisotopic (exact) mass is 545 g/mol. The van der Waals surface area contributed by atoms with E-state index in [1.165, 1.54) is 23.5 Å².